The second-order valence-corrected chi connectivity index (χ2v) is 6.45. The molecule has 0 aromatic carbocycles. The molecule has 1 heterocycles. The molecule has 0 bridgehead atoms. The lowest BCUT2D eigenvalue weighted by molar-refractivity contribution is -0.351. The summed E-state index contributed by atoms with van der Waals surface area (Å²) in [5, 5.41) is 42.1. The summed E-state index contributed by atoms with van der Waals surface area (Å²) in [6.07, 6.45) is -4.26. The minimum absolute atomic E-state index is 0.0228. The molecule has 0 unspecified atom stereocenters. The van der Waals surface area contributed by atoms with E-state index in [0.717, 1.165) is 27.7 Å². The number of carbonyl (C=O) groups excluding carboxylic acids is 5. The van der Waals surface area contributed by atoms with Gasteiger partial charge in [0, 0.05) is 20.8 Å². The smallest absolute Gasteiger partial charge is 0.262 e. The molecule has 1 saturated heterocycles. The van der Waals surface area contributed by atoms with Crippen molar-refractivity contribution in [2.45, 2.75) is 63.8 Å². The van der Waals surface area contributed by atoms with Gasteiger partial charge in [-0.25, -0.2) is 0 Å². The lowest BCUT2D eigenvalue weighted by Crippen LogP contribution is -2.90. The molecule has 11 nitrogen and oxygen atoms in total. The molecule has 0 radical (unpaired) electrons. The van der Waals surface area contributed by atoms with Gasteiger partial charge in [0.15, 0.2) is 23.0 Å². The van der Waals surface area contributed by atoms with Crippen LogP contribution in [0.15, 0.2) is 0 Å². The number of ether oxygens (including phenoxy) is 1. The van der Waals surface area contributed by atoms with Crippen LogP contribution >= 0.6 is 0 Å². The first-order chi connectivity index (χ1) is 12.2. The second-order valence-electron chi connectivity index (χ2n) is 6.45. The predicted molar refractivity (Wildman–Crippen MR) is 85.8 cm³/mol. The number of aliphatic hydroxyl groups is 4. The molecular weight excluding hydrogens is 366 g/mol. The average Bonchev–Trinajstić information content (AvgIpc) is 2.53. The van der Waals surface area contributed by atoms with Crippen molar-refractivity contribution in [1.82, 2.24) is 4.90 Å². The van der Waals surface area contributed by atoms with Crippen molar-refractivity contribution in [2.75, 3.05) is 6.61 Å². The number of hydrogen-bond donors (Lipinski definition) is 4. The number of rotatable bonds is 5. The van der Waals surface area contributed by atoms with Crippen molar-refractivity contribution in [2.24, 2.45) is 0 Å². The number of imide groups is 1. The highest BCUT2D eigenvalue weighted by molar-refractivity contribution is 6.11. The summed E-state index contributed by atoms with van der Waals surface area (Å²) in [7, 11) is 0. The van der Waals surface area contributed by atoms with Crippen molar-refractivity contribution in [1.29, 1.82) is 0 Å². The molecule has 27 heavy (non-hydrogen) atoms. The van der Waals surface area contributed by atoms with Gasteiger partial charge in [0.2, 0.25) is 17.4 Å². The Hall–Kier alpha value is -2.05. The second kappa shape index (κ2) is 7.17. The number of aliphatic hydroxyl groups excluding tert-OH is 2. The van der Waals surface area contributed by atoms with Crippen molar-refractivity contribution in [3.63, 3.8) is 0 Å². The molecule has 4 N–H and O–H groups in total. The van der Waals surface area contributed by atoms with Crippen molar-refractivity contribution >= 4 is 29.2 Å². The molecule has 0 aromatic rings. The molecule has 0 aromatic heterocycles. The molecule has 152 valence electrons. The summed E-state index contributed by atoms with van der Waals surface area (Å²) in [6.45, 7) is 2.66. The maximum atomic E-state index is 12.7. The van der Waals surface area contributed by atoms with Gasteiger partial charge in [-0.2, -0.15) is 0 Å². The molecule has 1 fully saturated rings. The highest BCUT2D eigenvalue weighted by atomic mass is 16.7. The molecule has 2 amide bonds. The Labute approximate surface area is 154 Å². The van der Waals surface area contributed by atoms with Crippen LogP contribution in [-0.2, 0) is 28.7 Å². The summed E-state index contributed by atoms with van der Waals surface area (Å²) < 4.78 is 5.03. The van der Waals surface area contributed by atoms with Crippen LogP contribution in [0.5, 0.6) is 0 Å². The van der Waals surface area contributed by atoms with E-state index in [0.29, 0.717) is 6.92 Å². The molecule has 1 aliphatic heterocycles. The van der Waals surface area contributed by atoms with Crippen molar-refractivity contribution in [3.05, 3.63) is 0 Å². The largest absolute Gasteiger partial charge is 0.394 e. The third kappa shape index (κ3) is 2.74. The third-order valence-corrected chi connectivity index (χ3v) is 4.81. The molecule has 1 rings (SSSR count). The predicted octanol–water partition coefficient (Wildman–Crippen LogP) is -2.94. The summed E-state index contributed by atoms with van der Waals surface area (Å²) in [5.41, 5.74) is -6.69. The van der Waals surface area contributed by atoms with E-state index in [1.54, 1.807) is 0 Å². The van der Waals surface area contributed by atoms with Crippen LogP contribution in [0.3, 0.4) is 0 Å². The Morgan fingerprint density at radius 2 is 1.33 bits per heavy atom. The van der Waals surface area contributed by atoms with E-state index < -0.39 is 64.9 Å². The number of Topliss-reactive ketones (excluding diaryl/α,β-unsaturated/α-hetero) is 3. The Bertz CT molecular complexity index is 691. The summed E-state index contributed by atoms with van der Waals surface area (Å²) in [5.74, 6) is -9.93. The van der Waals surface area contributed by atoms with E-state index >= 15 is 0 Å². The minimum atomic E-state index is -3.43. The van der Waals surface area contributed by atoms with Gasteiger partial charge in [0.05, 0.1) is 6.61 Å². The number of nitrogens with zero attached hydrogens (tertiary/aromatic N) is 1. The van der Waals surface area contributed by atoms with Gasteiger partial charge in [0.1, 0.15) is 12.2 Å². The van der Waals surface area contributed by atoms with Gasteiger partial charge < -0.3 is 25.2 Å². The number of carbonyl (C=O) groups is 5. The maximum absolute atomic E-state index is 12.7. The number of ketones is 3. The van der Waals surface area contributed by atoms with Crippen LogP contribution in [-0.4, -0.2) is 90.2 Å². The Kier molecular flexibility index (Phi) is 6.10. The first-order valence-corrected chi connectivity index (χ1v) is 7.93. The standard InChI is InChI=1S/C16H23NO10/c1-7(19)14(25)13(24)12(6-18)27-16(26,9(3)21)15(14,8(2)20)17(10(4)22)11(5)23/h12-13,18,24-26H,6H2,1-5H3/t12-,13-,14+,15-,16-/m1/s1. The maximum Gasteiger partial charge on any atom is 0.262 e. The van der Waals surface area contributed by atoms with Gasteiger partial charge in [-0.1, -0.05) is 0 Å². The fourth-order valence-corrected chi connectivity index (χ4v) is 3.73. The van der Waals surface area contributed by atoms with E-state index in [1.165, 1.54) is 0 Å². The first-order valence-electron chi connectivity index (χ1n) is 7.93. The van der Waals surface area contributed by atoms with E-state index in [-0.39, 0.29) is 4.90 Å². The average molecular weight is 389 g/mol. The zero-order valence-corrected chi connectivity index (χ0v) is 15.5. The first kappa shape index (κ1) is 23.0. The van der Waals surface area contributed by atoms with Crippen LogP contribution in [0, 0.1) is 0 Å². The van der Waals surface area contributed by atoms with E-state index in [1.807, 2.05) is 0 Å². The summed E-state index contributed by atoms with van der Waals surface area (Å²) >= 11 is 0. The lowest BCUT2D eigenvalue weighted by Gasteiger charge is -2.60. The summed E-state index contributed by atoms with van der Waals surface area (Å²) in [6, 6.07) is 0. The third-order valence-electron chi connectivity index (χ3n) is 4.81. The zero-order valence-electron chi connectivity index (χ0n) is 15.5. The summed E-state index contributed by atoms with van der Waals surface area (Å²) in [4.78, 5) is 61.8. The Morgan fingerprint density at radius 1 is 0.889 bits per heavy atom. The van der Waals surface area contributed by atoms with Crippen LogP contribution < -0.4 is 0 Å². The Balaban J connectivity index is 4.24. The molecule has 0 spiro atoms. The van der Waals surface area contributed by atoms with Gasteiger partial charge in [0.25, 0.3) is 5.79 Å². The van der Waals surface area contributed by atoms with E-state index in [9.17, 15) is 44.4 Å². The Morgan fingerprint density at radius 3 is 1.59 bits per heavy atom. The van der Waals surface area contributed by atoms with Gasteiger partial charge in [-0.15, -0.1) is 0 Å². The SMILES string of the molecule is CC(=O)N(C(C)=O)[C@@]1(C(C)=O)[C@@](O)(C(C)=O)O[C@H](CO)[C@@H](O)[C@@]1(O)C(C)=O. The van der Waals surface area contributed by atoms with Gasteiger partial charge in [-0.3, -0.25) is 28.9 Å². The van der Waals surface area contributed by atoms with E-state index in [2.05, 4.69) is 0 Å². The zero-order chi connectivity index (χ0) is 21.5. The quantitative estimate of drug-likeness (QED) is 0.380. The molecule has 0 aliphatic carbocycles. The number of hydrogen-bond acceptors (Lipinski definition) is 10. The number of amides is 2. The molecular formula is C16H23NO10. The lowest BCUT2D eigenvalue weighted by atomic mass is 9.61. The molecule has 5 atom stereocenters. The van der Waals surface area contributed by atoms with Crippen LogP contribution in [0.2, 0.25) is 0 Å². The van der Waals surface area contributed by atoms with Crippen molar-refractivity contribution < 1.29 is 49.1 Å². The highest BCUT2D eigenvalue weighted by Gasteiger charge is 2.81. The molecule has 0 saturated carbocycles. The van der Waals surface area contributed by atoms with Crippen LogP contribution in [0.4, 0.5) is 0 Å². The van der Waals surface area contributed by atoms with E-state index in [4.69, 9.17) is 4.74 Å². The van der Waals surface area contributed by atoms with Gasteiger partial charge >= 0.3 is 0 Å². The highest BCUT2D eigenvalue weighted by Crippen LogP contribution is 2.49. The topological polar surface area (TPSA) is 179 Å². The van der Waals surface area contributed by atoms with Crippen LogP contribution in [0.1, 0.15) is 34.6 Å². The van der Waals surface area contributed by atoms with Gasteiger partial charge in [-0.05, 0) is 13.8 Å². The normalized spacial score (nSPS) is 36.0. The monoisotopic (exact) mass is 389 g/mol. The fourth-order valence-electron chi connectivity index (χ4n) is 3.73. The minimum Gasteiger partial charge on any atom is -0.394 e. The van der Waals surface area contributed by atoms with Crippen molar-refractivity contribution in [3.8, 4) is 0 Å². The molecule has 11 heteroatoms. The fraction of sp³-hybridized carbons (Fsp3) is 0.688. The van der Waals surface area contributed by atoms with Crippen LogP contribution in [0.25, 0.3) is 0 Å². The molecule has 1 aliphatic rings.